The third-order valence-corrected chi connectivity index (χ3v) is 6.02. The van der Waals surface area contributed by atoms with Gasteiger partial charge in [0.25, 0.3) is 5.91 Å². The van der Waals surface area contributed by atoms with Gasteiger partial charge in [-0.25, -0.2) is 28.6 Å². The van der Waals surface area contributed by atoms with Crippen molar-refractivity contribution < 1.29 is 32.5 Å². The highest BCUT2D eigenvalue weighted by atomic mass is 35.5. The molecule has 41 heavy (non-hydrogen) atoms. The molecule has 0 aliphatic rings. The van der Waals surface area contributed by atoms with Gasteiger partial charge < -0.3 is 19.8 Å². The Morgan fingerprint density at radius 3 is 2.66 bits per heavy atom. The Balaban J connectivity index is 1.29. The molecule has 12 nitrogen and oxygen atoms in total. The lowest BCUT2D eigenvalue weighted by Crippen LogP contribution is -2.23. The number of hydrazone groups is 1. The summed E-state index contributed by atoms with van der Waals surface area (Å²) in [7, 11) is 1.34. The Morgan fingerprint density at radius 2 is 1.90 bits per heavy atom. The van der Waals surface area contributed by atoms with Crippen molar-refractivity contribution in [2.45, 2.75) is 6.54 Å². The van der Waals surface area contributed by atoms with Crippen molar-refractivity contribution in [3.63, 3.8) is 0 Å². The van der Waals surface area contributed by atoms with Gasteiger partial charge in [-0.2, -0.15) is 5.10 Å². The van der Waals surface area contributed by atoms with E-state index in [0.717, 1.165) is 0 Å². The Labute approximate surface area is 234 Å². The number of imidazole rings is 1. The highest BCUT2D eigenvalue weighted by molar-refractivity contribution is 6.33. The summed E-state index contributed by atoms with van der Waals surface area (Å²) in [5.74, 6) is -3.52. The van der Waals surface area contributed by atoms with E-state index in [4.69, 9.17) is 26.8 Å². The van der Waals surface area contributed by atoms with E-state index in [1.54, 1.807) is 28.8 Å². The number of methoxy groups -OCH3 is 1. The summed E-state index contributed by atoms with van der Waals surface area (Å²) < 4.78 is 43.7. The van der Waals surface area contributed by atoms with Crippen LogP contribution in [0.2, 0.25) is 5.02 Å². The number of hydrogen-bond acceptors (Lipinski definition) is 10. The van der Waals surface area contributed by atoms with Crippen LogP contribution < -0.4 is 20.6 Å². The summed E-state index contributed by atoms with van der Waals surface area (Å²) in [5, 5.41) is 11.0. The lowest BCUT2D eigenvalue weighted by atomic mass is 10.2. The zero-order chi connectivity index (χ0) is 29.1. The lowest BCUT2D eigenvalue weighted by molar-refractivity contribution is -0.121. The SMILES string of the molecule is COc1cc(/C=N/NC(=O)Cn2c(-c3nonc3N)nc3ccccc32)ccc1OC(=O)c1cc(F)c(F)cc1Cl. The van der Waals surface area contributed by atoms with Crippen molar-refractivity contribution in [2.75, 3.05) is 12.8 Å². The Hall–Kier alpha value is -5.37. The Kier molecular flexibility index (Phi) is 7.56. The van der Waals surface area contributed by atoms with E-state index in [1.807, 2.05) is 0 Å². The number of para-hydroxylation sites is 2. The number of nitrogen functional groups attached to an aromatic ring is 1. The number of halogens is 3. The minimum atomic E-state index is -1.25. The largest absolute Gasteiger partial charge is 0.493 e. The molecule has 5 rings (SSSR count). The van der Waals surface area contributed by atoms with Gasteiger partial charge in [-0.1, -0.05) is 23.7 Å². The topological polar surface area (TPSA) is 160 Å². The fourth-order valence-electron chi connectivity index (χ4n) is 3.81. The number of anilines is 1. The van der Waals surface area contributed by atoms with E-state index >= 15 is 0 Å². The van der Waals surface area contributed by atoms with Crippen LogP contribution in [0.4, 0.5) is 14.6 Å². The van der Waals surface area contributed by atoms with Crippen molar-refractivity contribution in [1.29, 1.82) is 0 Å². The molecule has 15 heteroatoms. The number of nitrogens with zero attached hydrogens (tertiary/aromatic N) is 5. The molecule has 3 N–H and O–H groups in total. The Morgan fingerprint density at radius 1 is 1.12 bits per heavy atom. The van der Waals surface area contributed by atoms with E-state index < -0.39 is 23.5 Å². The number of esters is 1. The monoisotopic (exact) mass is 581 g/mol. The average Bonchev–Trinajstić information content (AvgIpc) is 3.54. The maximum atomic E-state index is 13.6. The van der Waals surface area contributed by atoms with Gasteiger partial charge in [-0.3, -0.25) is 4.79 Å². The lowest BCUT2D eigenvalue weighted by Gasteiger charge is -2.11. The predicted octanol–water partition coefficient (Wildman–Crippen LogP) is 3.98. The van der Waals surface area contributed by atoms with Crippen LogP contribution in [0.1, 0.15) is 15.9 Å². The van der Waals surface area contributed by atoms with Crippen molar-refractivity contribution in [1.82, 2.24) is 25.3 Å². The second-order valence-corrected chi connectivity index (χ2v) is 8.75. The highest BCUT2D eigenvalue weighted by Crippen LogP contribution is 2.30. The molecular formula is C26H18ClF2N7O5. The van der Waals surface area contributed by atoms with Gasteiger partial charge in [-0.15, -0.1) is 0 Å². The Bertz CT molecular complexity index is 1820. The van der Waals surface area contributed by atoms with E-state index in [9.17, 15) is 18.4 Å². The second-order valence-electron chi connectivity index (χ2n) is 8.35. The molecule has 0 saturated heterocycles. The molecular weight excluding hydrogens is 564 g/mol. The molecule has 0 saturated carbocycles. The first kappa shape index (κ1) is 27.2. The zero-order valence-corrected chi connectivity index (χ0v) is 21.7. The van der Waals surface area contributed by atoms with Gasteiger partial charge in [0.15, 0.2) is 40.5 Å². The van der Waals surface area contributed by atoms with Crippen molar-refractivity contribution in [3.05, 3.63) is 82.4 Å². The van der Waals surface area contributed by atoms with E-state index in [1.165, 1.54) is 31.5 Å². The van der Waals surface area contributed by atoms with Gasteiger partial charge in [0.1, 0.15) is 6.54 Å². The van der Waals surface area contributed by atoms with Gasteiger partial charge in [0, 0.05) is 0 Å². The first-order valence-electron chi connectivity index (χ1n) is 11.7. The van der Waals surface area contributed by atoms with Crippen LogP contribution >= 0.6 is 11.6 Å². The van der Waals surface area contributed by atoms with Crippen molar-refractivity contribution in [3.8, 4) is 23.0 Å². The minimum absolute atomic E-state index is 0.0133. The quantitative estimate of drug-likeness (QED) is 0.0908. The van der Waals surface area contributed by atoms with Gasteiger partial charge in [0.05, 0.1) is 34.9 Å². The summed E-state index contributed by atoms with van der Waals surface area (Å²) in [5.41, 5.74) is 9.83. The second kappa shape index (κ2) is 11.4. The summed E-state index contributed by atoms with van der Waals surface area (Å²) in [6.07, 6.45) is 1.34. The van der Waals surface area contributed by atoms with Crippen LogP contribution in [0.5, 0.6) is 11.5 Å². The number of rotatable bonds is 8. The normalized spacial score (nSPS) is 11.2. The number of carbonyl (C=O) groups is 2. The number of benzene rings is 3. The summed E-state index contributed by atoms with van der Waals surface area (Å²) in [6.45, 7) is -0.176. The molecule has 0 unspecified atom stereocenters. The first-order valence-corrected chi connectivity index (χ1v) is 12.0. The number of aromatic nitrogens is 4. The number of fused-ring (bicyclic) bond motifs is 1. The molecule has 2 heterocycles. The van der Waals surface area contributed by atoms with E-state index in [2.05, 4.69) is 30.5 Å². The molecule has 0 aliphatic heterocycles. The molecule has 5 aromatic rings. The molecule has 0 bridgehead atoms. The van der Waals surface area contributed by atoms with Crippen LogP contribution in [-0.4, -0.2) is 45.1 Å². The third-order valence-electron chi connectivity index (χ3n) is 5.71. The summed E-state index contributed by atoms with van der Waals surface area (Å²) in [6, 6.07) is 12.9. The number of nitrogens with two attached hydrogens (primary N) is 1. The average molecular weight is 582 g/mol. The highest BCUT2D eigenvalue weighted by Gasteiger charge is 2.21. The number of amides is 1. The van der Waals surface area contributed by atoms with Gasteiger partial charge in [-0.05, 0) is 58.3 Å². The predicted molar refractivity (Wildman–Crippen MR) is 142 cm³/mol. The first-order chi connectivity index (χ1) is 19.7. The van der Waals surface area contributed by atoms with Crippen LogP contribution in [-0.2, 0) is 11.3 Å². The van der Waals surface area contributed by atoms with Crippen LogP contribution in [0.25, 0.3) is 22.6 Å². The minimum Gasteiger partial charge on any atom is -0.493 e. The molecule has 0 fully saturated rings. The van der Waals surface area contributed by atoms with Gasteiger partial charge >= 0.3 is 5.97 Å². The maximum Gasteiger partial charge on any atom is 0.345 e. The van der Waals surface area contributed by atoms with Crippen LogP contribution in [0.3, 0.4) is 0 Å². The molecule has 0 atom stereocenters. The smallest absolute Gasteiger partial charge is 0.345 e. The molecule has 3 aromatic carbocycles. The number of nitrogens with one attached hydrogen (secondary N) is 1. The molecule has 0 radical (unpaired) electrons. The molecule has 1 amide bonds. The van der Waals surface area contributed by atoms with Crippen molar-refractivity contribution in [2.24, 2.45) is 5.10 Å². The summed E-state index contributed by atoms with van der Waals surface area (Å²) in [4.78, 5) is 29.7. The molecule has 0 spiro atoms. The van der Waals surface area contributed by atoms with E-state index in [0.29, 0.717) is 34.6 Å². The molecule has 208 valence electrons. The number of carbonyl (C=O) groups excluding carboxylic acids is 2. The van der Waals surface area contributed by atoms with Crippen LogP contribution in [0.15, 0.2) is 64.3 Å². The fraction of sp³-hybridized carbons (Fsp3) is 0.0769. The van der Waals surface area contributed by atoms with Crippen molar-refractivity contribution >= 4 is 46.5 Å². The third kappa shape index (κ3) is 5.67. The molecule has 0 aliphatic carbocycles. The zero-order valence-electron chi connectivity index (χ0n) is 21.0. The van der Waals surface area contributed by atoms with Gasteiger partial charge in [0.2, 0.25) is 0 Å². The maximum absolute atomic E-state index is 13.6. The van der Waals surface area contributed by atoms with E-state index in [-0.39, 0.29) is 40.1 Å². The standard InChI is InChI=1S/C26H18ClF2N7O5/c1-39-21-8-13(6-7-20(21)40-26(38)14-9-16(28)17(29)10-15(14)27)11-31-33-22(37)12-36-19-5-3-2-4-18(19)32-25(36)23-24(30)35-41-34-23/h2-11H,12H2,1H3,(H2,30,35)(H,33,37)/b31-11+. The number of ether oxygens (including phenoxy) is 2. The summed E-state index contributed by atoms with van der Waals surface area (Å²) >= 11 is 5.85. The fourth-order valence-corrected chi connectivity index (χ4v) is 4.03. The van der Waals surface area contributed by atoms with Crippen LogP contribution in [0, 0.1) is 11.6 Å². The number of hydrogen-bond donors (Lipinski definition) is 2. The molecule has 2 aromatic heterocycles.